The van der Waals surface area contributed by atoms with E-state index in [9.17, 15) is 15.0 Å². The lowest BCUT2D eigenvalue weighted by Crippen LogP contribution is -2.37. The van der Waals surface area contributed by atoms with E-state index in [4.69, 9.17) is 0 Å². The Morgan fingerprint density at radius 2 is 1.95 bits per heavy atom. The Kier molecular flexibility index (Phi) is 2.82. The van der Waals surface area contributed by atoms with Crippen LogP contribution < -0.4 is 5.32 Å². The summed E-state index contributed by atoms with van der Waals surface area (Å²) in [5.41, 5.74) is 2.92. The van der Waals surface area contributed by atoms with Crippen LogP contribution in [0.1, 0.15) is 41.5 Å². The number of phenols is 2. The number of pyridine rings is 1. The molecule has 5 heteroatoms. The fraction of sp³-hybridized carbons (Fsp3) is 0.294. The van der Waals surface area contributed by atoms with Crippen LogP contribution >= 0.6 is 0 Å². The minimum absolute atomic E-state index is 0.0339. The van der Waals surface area contributed by atoms with E-state index < -0.39 is 0 Å². The van der Waals surface area contributed by atoms with Crippen LogP contribution in [0.2, 0.25) is 0 Å². The van der Waals surface area contributed by atoms with E-state index in [0.29, 0.717) is 6.42 Å². The van der Waals surface area contributed by atoms with E-state index in [2.05, 4.69) is 10.3 Å². The summed E-state index contributed by atoms with van der Waals surface area (Å²) in [5.74, 6) is 0.0484. The quantitative estimate of drug-likeness (QED) is 0.705. The Morgan fingerprint density at radius 1 is 1.18 bits per heavy atom. The molecule has 1 aliphatic heterocycles. The minimum atomic E-state index is -0.149. The largest absolute Gasteiger partial charge is 0.504 e. The first-order valence-electron chi connectivity index (χ1n) is 7.40. The molecule has 1 saturated heterocycles. The van der Waals surface area contributed by atoms with Gasteiger partial charge in [0.05, 0.1) is 6.04 Å². The normalized spacial score (nSPS) is 26.2. The molecule has 0 saturated carbocycles. The number of rotatable bonds is 1. The molecule has 0 unspecified atom stereocenters. The zero-order valence-electron chi connectivity index (χ0n) is 11.9. The third-order valence-electron chi connectivity index (χ3n) is 4.77. The number of fused-ring (bicyclic) bond motifs is 3. The highest BCUT2D eigenvalue weighted by atomic mass is 16.3. The van der Waals surface area contributed by atoms with Gasteiger partial charge in [-0.2, -0.15) is 0 Å². The minimum Gasteiger partial charge on any atom is -0.504 e. The maximum absolute atomic E-state index is 11.8. The van der Waals surface area contributed by atoms with Crippen molar-refractivity contribution in [2.75, 3.05) is 0 Å². The van der Waals surface area contributed by atoms with Crippen LogP contribution in [0.5, 0.6) is 11.5 Å². The highest BCUT2D eigenvalue weighted by molar-refractivity contribution is 5.78. The van der Waals surface area contributed by atoms with Crippen molar-refractivity contribution in [1.29, 1.82) is 0 Å². The van der Waals surface area contributed by atoms with Gasteiger partial charge in [-0.05, 0) is 47.2 Å². The third-order valence-corrected chi connectivity index (χ3v) is 4.77. The van der Waals surface area contributed by atoms with Gasteiger partial charge in [-0.3, -0.25) is 9.78 Å². The third kappa shape index (κ3) is 1.85. The van der Waals surface area contributed by atoms with Gasteiger partial charge in [0.2, 0.25) is 5.91 Å². The fourth-order valence-electron chi connectivity index (χ4n) is 3.85. The molecule has 3 atom stereocenters. The number of carbonyl (C=O) groups excluding carboxylic acids is 1. The Labute approximate surface area is 127 Å². The standard InChI is InChI=1S/C17H16N2O3/c20-13-6-11-12(7-14(13)21)17-10(3-4-15(22)19-17)16(11)9-2-1-5-18-8-9/h1-2,5-8,10,16-17,20-21H,3-4H2,(H,19,22)/t10-,16+,17-/m0/s1. The molecule has 1 aromatic carbocycles. The molecule has 3 N–H and O–H groups in total. The first-order valence-corrected chi connectivity index (χ1v) is 7.40. The summed E-state index contributed by atoms with van der Waals surface area (Å²) in [7, 11) is 0. The van der Waals surface area contributed by atoms with Crippen LogP contribution in [0.3, 0.4) is 0 Å². The smallest absolute Gasteiger partial charge is 0.220 e. The zero-order chi connectivity index (χ0) is 15.3. The van der Waals surface area contributed by atoms with Crippen molar-refractivity contribution in [3.8, 4) is 11.5 Å². The van der Waals surface area contributed by atoms with Gasteiger partial charge in [0.15, 0.2) is 11.5 Å². The van der Waals surface area contributed by atoms with Gasteiger partial charge in [-0.15, -0.1) is 0 Å². The summed E-state index contributed by atoms with van der Waals surface area (Å²) in [6.07, 6.45) is 4.85. The van der Waals surface area contributed by atoms with Gasteiger partial charge in [0.1, 0.15) is 0 Å². The first kappa shape index (κ1) is 13.1. The maximum Gasteiger partial charge on any atom is 0.220 e. The number of piperidine rings is 1. The molecule has 22 heavy (non-hydrogen) atoms. The van der Waals surface area contributed by atoms with Crippen LogP contribution in [-0.4, -0.2) is 21.1 Å². The summed E-state index contributed by atoms with van der Waals surface area (Å²) in [6, 6.07) is 6.98. The molecular formula is C17H16N2O3. The molecule has 1 amide bonds. The number of benzene rings is 1. The molecule has 5 nitrogen and oxygen atoms in total. The van der Waals surface area contributed by atoms with Gasteiger partial charge < -0.3 is 15.5 Å². The van der Waals surface area contributed by atoms with E-state index in [-0.39, 0.29) is 35.3 Å². The number of nitrogens with one attached hydrogen (secondary N) is 1. The molecule has 1 fully saturated rings. The lowest BCUT2D eigenvalue weighted by atomic mass is 9.81. The van der Waals surface area contributed by atoms with E-state index in [0.717, 1.165) is 23.1 Å². The number of aromatic hydroxyl groups is 2. The SMILES string of the molecule is O=C1CC[C@H]2[C@@H](c3cccnc3)c3cc(O)c(O)cc3[C@H]2N1. The molecule has 0 radical (unpaired) electrons. The fourth-order valence-corrected chi connectivity index (χ4v) is 3.85. The lowest BCUT2D eigenvalue weighted by molar-refractivity contribution is -0.124. The summed E-state index contributed by atoms with van der Waals surface area (Å²) >= 11 is 0. The second-order valence-corrected chi connectivity index (χ2v) is 5.98. The van der Waals surface area contributed by atoms with Crippen LogP contribution in [0.15, 0.2) is 36.7 Å². The van der Waals surface area contributed by atoms with Gasteiger partial charge in [0, 0.05) is 24.7 Å². The molecule has 2 aliphatic rings. The van der Waals surface area contributed by atoms with E-state index in [1.54, 1.807) is 18.3 Å². The number of phenolic OH excluding ortho intramolecular Hbond substituents is 2. The van der Waals surface area contributed by atoms with Gasteiger partial charge in [-0.1, -0.05) is 6.07 Å². The van der Waals surface area contributed by atoms with Crippen LogP contribution in [0.4, 0.5) is 0 Å². The molecule has 0 bridgehead atoms. The van der Waals surface area contributed by atoms with Crippen LogP contribution in [-0.2, 0) is 4.79 Å². The first-order chi connectivity index (χ1) is 10.6. The Hall–Kier alpha value is -2.56. The molecule has 4 rings (SSSR count). The number of hydrogen-bond donors (Lipinski definition) is 3. The second kappa shape index (κ2) is 4.73. The average Bonchev–Trinajstić information content (AvgIpc) is 2.82. The monoisotopic (exact) mass is 296 g/mol. The highest BCUT2D eigenvalue weighted by Crippen LogP contribution is 2.53. The predicted molar refractivity (Wildman–Crippen MR) is 79.5 cm³/mol. The maximum atomic E-state index is 11.8. The van der Waals surface area contributed by atoms with Crippen LogP contribution in [0.25, 0.3) is 0 Å². The number of nitrogens with zero attached hydrogens (tertiary/aromatic N) is 1. The van der Waals surface area contributed by atoms with Crippen molar-refractivity contribution in [2.45, 2.75) is 24.8 Å². The van der Waals surface area contributed by atoms with Crippen molar-refractivity contribution in [3.05, 3.63) is 53.3 Å². The molecule has 0 spiro atoms. The van der Waals surface area contributed by atoms with Gasteiger partial charge >= 0.3 is 0 Å². The Bertz CT molecular complexity index is 745. The molecule has 1 aliphatic carbocycles. The number of hydrogen-bond acceptors (Lipinski definition) is 4. The lowest BCUT2D eigenvalue weighted by Gasteiger charge is -2.30. The highest BCUT2D eigenvalue weighted by Gasteiger charge is 2.44. The van der Waals surface area contributed by atoms with Gasteiger partial charge in [-0.25, -0.2) is 0 Å². The Morgan fingerprint density at radius 3 is 2.68 bits per heavy atom. The molecule has 2 heterocycles. The molecule has 1 aromatic heterocycles. The van der Waals surface area contributed by atoms with Gasteiger partial charge in [0.25, 0.3) is 0 Å². The number of amides is 1. The van der Waals surface area contributed by atoms with E-state index >= 15 is 0 Å². The summed E-state index contributed by atoms with van der Waals surface area (Å²) in [5, 5.41) is 22.7. The summed E-state index contributed by atoms with van der Waals surface area (Å²) < 4.78 is 0. The summed E-state index contributed by atoms with van der Waals surface area (Å²) in [6.45, 7) is 0. The number of carbonyl (C=O) groups is 1. The van der Waals surface area contributed by atoms with Crippen molar-refractivity contribution >= 4 is 5.91 Å². The predicted octanol–water partition coefficient (Wildman–Crippen LogP) is 2.21. The number of aromatic nitrogens is 1. The van der Waals surface area contributed by atoms with E-state index in [1.165, 1.54) is 0 Å². The molecular weight excluding hydrogens is 280 g/mol. The average molecular weight is 296 g/mol. The zero-order valence-corrected chi connectivity index (χ0v) is 11.9. The second-order valence-electron chi connectivity index (χ2n) is 5.98. The van der Waals surface area contributed by atoms with Crippen molar-refractivity contribution in [1.82, 2.24) is 10.3 Å². The topological polar surface area (TPSA) is 82.5 Å². The Balaban J connectivity index is 1.89. The molecule has 2 aromatic rings. The molecule has 112 valence electrons. The van der Waals surface area contributed by atoms with Crippen molar-refractivity contribution in [3.63, 3.8) is 0 Å². The van der Waals surface area contributed by atoms with Crippen LogP contribution in [0, 0.1) is 5.92 Å². The van der Waals surface area contributed by atoms with E-state index in [1.807, 2.05) is 18.3 Å². The van der Waals surface area contributed by atoms with Crippen molar-refractivity contribution < 1.29 is 15.0 Å². The summed E-state index contributed by atoms with van der Waals surface area (Å²) in [4.78, 5) is 16.0. The van der Waals surface area contributed by atoms with Crippen molar-refractivity contribution in [2.24, 2.45) is 5.92 Å².